The molecule has 0 aliphatic carbocycles. The second-order valence-electron chi connectivity index (χ2n) is 8.41. The quantitative estimate of drug-likeness (QED) is 0.329. The van der Waals surface area contributed by atoms with Crippen molar-refractivity contribution in [2.24, 2.45) is 10.9 Å². The molecule has 7 nitrogen and oxygen atoms in total. The smallest absolute Gasteiger partial charge is 0.243 e. The van der Waals surface area contributed by atoms with Crippen LogP contribution in [-0.4, -0.2) is 52.0 Å². The Morgan fingerprint density at radius 3 is 2.39 bits per heavy atom. The van der Waals surface area contributed by atoms with Crippen molar-refractivity contribution in [1.29, 1.82) is 0 Å². The van der Waals surface area contributed by atoms with Crippen LogP contribution in [0.3, 0.4) is 0 Å². The zero-order valence-corrected chi connectivity index (χ0v) is 21.8. The van der Waals surface area contributed by atoms with Crippen molar-refractivity contribution < 1.29 is 14.3 Å². The molecule has 0 radical (unpaired) electrons. The molecule has 0 saturated carbocycles. The number of aromatic nitrogens is 1. The Balaban J connectivity index is 1.98. The first-order chi connectivity index (χ1) is 17.4. The molecular formula is C29H34N4O3. The van der Waals surface area contributed by atoms with Gasteiger partial charge in [-0.25, -0.2) is 0 Å². The summed E-state index contributed by atoms with van der Waals surface area (Å²) in [6, 6.07) is 16.2. The normalized spacial score (nSPS) is 12.3. The van der Waals surface area contributed by atoms with Crippen LogP contribution in [0.15, 0.2) is 78.1 Å². The molecule has 1 atom stereocenters. The number of methoxy groups -OCH3 is 2. The van der Waals surface area contributed by atoms with Crippen molar-refractivity contribution in [2.75, 3.05) is 40.3 Å². The lowest BCUT2D eigenvalue weighted by molar-refractivity contribution is -0.116. The number of aliphatic imine (C=N–C) groups is 1. The minimum atomic E-state index is -0.124. The van der Waals surface area contributed by atoms with Crippen molar-refractivity contribution in [3.63, 3.8) is 0 Å². The molecule has 1 N–H and O–H groups in total. The maximum absolute atomic E-state index is 11.7. The topological polar surface area (TPSA) is 76.1 Å². The van der Waals surface area contributed by atoms with Gasteiger partial charge in [-0.1, -0.05) is 25.1 Å². The third-order valence-corrected chi connectivity index (χ3v) is 6.01. The minimum absolute atomic E-state index is 0.118. The molecule has 0 fully saturated rings. The number of allylic oxidation sites excluding steroid dienone is 1. The highest BCUT2D eigenvalue weighted by Crippen LogP contribution is 2.34. The molecule has 0 aliphatic heterocycles. The van der Waals surface area contributed by atoms with Crippen molar-refractivity contribution in [2.45, 2.75) is 13.3 Å². The first-order valence-corrected chi connectivity index (χ1v) is 11.8. The SMILES string of the molecule is CN=C(c1ccc(N(C)c2cccnc2)cc1)c1cc(OC)c(OC)cc1CC(C)C=CC(=O)NC. The number of likely N-dealkylation sites (N-methyl/N-ethyl adjacent to an activating group) is 1. The molecule has 1 amide bonds. The molecular weight excluding hydrogens is 452 g/mol. The number of rotatable bonds is 10. The Morgan fingerprint density at radius 1 is 1.11 bits per heavy atom. The number of anilines is 2. The molecule has 0 spiro atoms. The van der Waals surface area contributed by atoms with Gasteiger partial charge in [0.05, 0.1) is 31.8 Å². The summed E-state index contributed by atoms with van der Waals surface area (Å²) in [6.07, 6.45) is 7.77. The molecule has 1 heterocycles. The van der Waals surface area contributed by atoms with E-state index >= 15 is 0 Å². The van der Waals surface area contributed by atoms with Crippen LogP contribution in [0.1, 0.15) is 23.6 Å². The van der Waals surface area contributed by atoms with E-state index in [0.717, 1.165) is 33.8 Å². The fourth-order valence-electron chi connectivity index (χ4n) is 4.01. The fourth-order valence-corrected chi connectivity index (χ4v) is 4.01. The van der Waals surface area contributed by atoms with E-state index in [1.807, 2.05) is 43.6 Å². The third-order valence-electron chi connectivity index (χ3n) is 6.01. The van der Waals surface area contributed by atoms with Gasteiger partial charge in [-0.05, 0) is 60.4 Å². The van der Waals surface area contributed by atoms with Crippen molar-refractivity contribution >= 4 is 23.0 Å². The van der Waals surface area contributed by atoms with E-state index in [4.69, 9.17) is 9.47 Å². The number of hydrogen-bond donors (Lipinski definition) is 1. The van der Waals surface area contributed by atoms with Crippen LogP contribution in [-0.2, 0) is 11.2 Å². The van der Waals surface area contributed by atoms with E-state index in [1.54, 1.807) is 40.6 Å². The summed E-state index contributed by atoms with van der Waals surface area (Å²) in [4.78, 5) is 22.6. The second kappa shape index (κ2) is 12.5. The van der Waals surface area contributed by atoms with E-state index in [-0.39, 0.29) is 11.8 Å². The summed E-state index contributed by atoms with van der Waals surface area (Å²) in [6.45, 7) is 2.08. The van der Waals surface area contributed by atoms with Gasteiger partial charge in [-0.3, -0.25) is 14.8 Å². The van der Waals surface area contributed by atoms with Crippen LogP contribution in [0.25, 0.3) is 0 Å². The second-order valence-corrected chi connectivity index (χ2v) is 8.41. The van der Waals surface area contributed by atoms with Gasteiger partial charge < -0.3 is 19.7 Å². The summed E-state index contributed by atoms with van der Waals surface area (Å²) in [5.74, 6) is 1.29. The molecule has 0 bridgehead atoms. The van der Waals surface area contributed by atoms with Gasteiger partial charge >= 0.3 is 0 Å². The zero-order valence-electron chi connectivity index (χ0n) is 21.8. The average Bonchev–Trinajstić information content (AvgIpc) is 2.92. The third kappa shape index (κ3) is 6.30. The summed E-state index contributed by atoms with van der Waals surface area (Å²) in [5, 5.41) is 2.61. The highest BCUT2D eigenvalue weighted by molar-refractivity contribution is 6.14. The molecule has 2 aromatic carbocycles. The Morgan fingerprint density at radius 2 is 1.81 bits per heavy atom. The van der Waals surface area contributed by atoms with E-state index in [1.165, 1.54) is 0 Å². The lowest BCUT2D eigenvalue weighted by Crippen LogP contribution is -2.15. The van der Waals surface area contributed by atoms with Gasteiger partial charge in [0.15, 0.2) is 11.5 Å². The molecule has 3 rings (SSSR count). The Hall–Kier alpha value is -4.13. The van der Waals surface area contributed by atoms with Crippen LogP contribution >= 0.6 is 0 Å². The number of ether oxygens (including phenoxy) is 2. The molecule has 1 aromatic heterocycles. The van der Waals surface area contributed by atoms with E-state index in [2.05, 4.69) is 51.4 Å². The first kappa shape index (κ1) is 26.5. The molecule has 188 valence electrons. The monoisotopic (exact) mass is 486 g/mol. The van der Waals surface area contributed by atoms with Gasteiger partial charge in [0, 0.05) is 44.2 Å². The molecule has 0 saturated heterocycles. The summed E-state index contributed by atoms with van der Waals surface area (Å²) in [5.41, 5.74) is 5.91. The van der Waals surface area contributed by atoms with Crippen LogP contribution in [0, 0.1) is 5.92 Å². The molecule has 36 heavy (non-hydrogen) atoms. The minimum Gasteiger partial charge on any atom is -0.493 e. The molecule has 7 heteroatoms. The van der Waals surface area contributed by atoms with Gasteiger partial charge in [0.25, 0.3) is 0 Å². The Bertz CT molecular complexity index is 1220. The zero-order chi connectivity index (χ0) is 26.1. The van der Waals surface area contributed by atoms with Crippen LogP contribution < -0.4 is 19.7 Å². The van der Waals surface area contributed by atoms with Crippen molar-refractivity contribution in [3.8, 4) is 11.5 Å². The lowest BCUT2D eigenvalue weighted by Gasteiger charge is -2.20. The summed E-state index contributed by atoms with van der Waals surface area (Å²) in [7, 11) is 8.68. The number of pyridine rings is 1. The summed E-state index contributed by atoms with van der Waals surface area (Å²) >= 11 is 0. The van der Waals surface area contributed by atoms with E-state index in [0.29, 0.717) is 17.9 Å². The maximum atomic E-state index is 11.7. The first-order valence-electron chi connectivity index (χ1n) is 11.8. The highest BCUT2D eigenvalue weighted by atomic mass is 16.5. The highest BCUT2D eigenvalue weighted by Gasteiger charge is 2.18. The van der Waals surface area contributed by atoms with Crippen molar-refractivity contribution in [3.05, 3.63) is 89.8 Å². The van der Waals surface area contributed by atoms with E-state index in [9.17, 15) is 4.79 Å². The van der Waals surface area contributed by atoms with Gasteiger partial charge in [-0.15, -0.1) is 0 Å². The number of amides is 1. The number of carbonyl (C=O) groups is 1. The van der Waals surface area contributed by atoms with Crippen LogP contribution in [0.2, 0.25) is 0 Å². The van der Waals surface area contributed by atoms with Crippen molar-refractivity contribution in [1.82, 2.24) is 10.3 Å². The number of nitrogens with zero attached hydrogens (tertiary/aromatic N) is 3. The van der Waals surface area contributed by atoms with Crippen LogP contribution in [0.5, 0.6) is 11.5 Å². The fraction of sp³-hybridized carbons (Fsp3) is 0.276. The molecule has 3 aromatic rings. The Kier molecular flexibility index (Phi) is 9.22. The van der Waals surface area contributed by atoms with Gasteiger partial charge in [-0.2, -0.15) is 0 Å². The van der Waals surface area contributed by atoms with E-state index < -0.39 is 0 Å². The predicted octanol–water partition coefficient (Wildman–Crippen LogP) is 4.81. The van der Waals surface area contributed by atoms with Gasteiger partial charge in [0.1, 0.15) is 0 Å². The molecule has 1 unspecified atom stereocenters. The van der Waals surface area contributed by atoms with Gasteiger partial charge in [0.2, 0.25) is 5.91 Å². The van der Waals surface area contributed by atoms with Crippen LogP contribution in [0.4, 0.5) is 11.4 Å². The molecule has 0 aliphatic rings. The predicted molar refractivity (Wildman–Crippen MR) is 146 cm³/mol. The lowest BCUT2D eigenvalue weighted by atomic mass is 9.91. The number of nitrogens with one attached hydrogen (secondary N) is 1. The Labute approximate surface area is 213 Å². The number of benzene rings is 2. The standard InChI is InChI=1S/C29H34N4O3/c1-20(9-14-28(34)30-2)16-22-17-26(35-5)27(36-6)18-25(22)29(31-3)21-10-12-23(13-11-21)33(4)24-8-7-15-32-19-24/h7-15,17-20H,16H2,1-6H3,(H,30,34). The number of hydrogen-bond acceptors (Lipinski definition) is 6. The largest absolute Gasteiger partial charge is 0.493 e. The average molecular weight is 487 g/mol. The summed E-state index contributed by atoms with van der Waals surface area (Å²) < 4.78 is 11.2. The maximum Gasteiger partial charge on any atom is 0.243 e. The number of carbonyl (C=O) groups excluding carboxylic acids is 1.